The molecule has 2 aromatic carbocycles. The van der Waals surface area contributed by atoms with Crippen molar-refractivity contribution >= 4 is 5.69 Å². The Labute approximate surface area is 252 Å². The van der Waals surface area contributed by atoms with Crippen molar-refractivity contribution < 1.29 is 17.6 Å². The summed E-state index contributed by atoms with van der Waals surface area (Å²) in [4.78, 5) is 36.1. The zero-order valence-electron chi connectivity index (χ0n) is 24.5. The second-order valence-electron chi connectivity index (χ2n) is 11.1. The zero-order valence-corrected chi connectivity index (χ0v) is 24.5. The van der Waals surface area contributed by atoms with Crippen LogP contribution in [-0.2, 0) is 25.8 Å². The van der Waals surface area contributed by atoms with Crippen LogP contribution in [0.25, 0.3) is 0 Å². The number of alkyl halides is 3. The van der Waals surface area contributed by atoms with Crippen LogP contribution in [0.15, 0.2) is 76.6 Å². The van der Waals surface area contributed by atoms with Gasteiger partial charge in [-0.05, 0) is 42.7 Å². The normalized spacial score (nSPS) is 15.0. The number of rotatable bonds is 8. The number of nitrogens with zero attached hydrogens (tertiary/aromatic N) is 5. The van der Waals surface area contributed by atoms with E-state index in [1.807, 2.05) is 18.0 Å². The Morgan fingerprint density at radius 1 is 0.909 bits per heavy atom. The highest BCUT2D eigenvalue weighted by molar-refractivity contribution is 5.50. The highest BCUT2D eigenvalue weighted by Gasteiger charge is 2.35. The van der Waals surface area contributed by atoms with Crippen molar-refractivity contribution in [1.82, 2.24) is 19.0 Å². The molecule has 1 aliphatic rings. The van der Waals surface area contributed by atoms with Gasteiger partial charge in [0.1, 0.15) is 11.5 Å². The molecule has 1 fully saturated rings. The number of aromatic nitrogens is 3. The standard InChI is InChI=1S/C32H34F4N6O2/c1-21-15-23(17-38-16-21)18-39-11-13-40(14-12-39)29-22(2)41(19-25-26(32(34,35)36)9-6-10-27(25)33)31(44)42(30(29)43)20-28(37)24-7-4-3-5-8-24/h3-10,15-17,28H,11-14,18-20,37H2,1-2H3/t28-/m0/s1. The van der Waals surface area contributed by atoms with Gasteiger partial charge in [-0.3, -0.25) is 23.8 Å². The van der Waals surface area contributed by atoms with Gasteiger partial charge >= 0.3 is 11.9 Å². The first-order valence-electron chi connectivity index (χ1n) is 14.3. The zero-order chi connectivity index (χ0) is 31.6. The van der Waals surface area contributed by atoms with Gasteiger partial charge in [0.25, 0.3) is 5.56 Å². The summed E-state index contributed by atoms with van der Waals surface area (Å²) in [5.74, 6) is -1.09. The fourth-order valence-corrected chi connectivity index (χ4v) is 5.73. The molecule has 1 aliphatic heterocycles. The van der Waals surface area contributed by atoms with Crippen molar-refractivity contribution in [3.05, 3.63) is 127 Å². The highest BCUT2D eigenvalue weighted by atomic mass is 19.4. The molecular formula is C32H34F4N6O2. The maximum Gasteiger partial charge on any atom is 0.416 e. The molecule has 0 aliphatic carbocycles. The summed E-state index contributed by atoms with van der Waals surface area (Å²) in [5.41, 5.74) is 6.25. The Hall–Kier alpha value is -4.29. The summed E-state index contributed by atoms with van der Waals surface area (Å²) in [6.07, 6.45) is -1.25. The number of aryl methyl sites for hydroxylation is 1. The lowest BCUT2D eigenvalue weighted by molar-refractivity contribution is -0.138. The minimum Gasteiger partial charge on any atom is -0.363 e. The molecule has 2 N–H and O–H groups in total. The van der Waals surface area contributed by atoms with Crippen LogP contribution in [0, 0.1) is 19.7 Å². The van der Waals surface area contributed by atoms with Gasteiger partial charge in [-0.2, -0.15) is 13.2 Å². The van der Waals surface area contributed by atoms with E-state index in [9.17, 15) is 27.2 Å². The van der Waals surface area contributed by atoms with Crippen LogP contribution in [0.4, 0.5) is 23.2 Å². The van der Waals surface area contributed by atoms with Gasteiger partial charge in [-0.25, -0.2) is 9.18 Å². The Morgan fingerprint density at radius 2 is 1.61 bits per heavy atom. The van der Waals surface area contributed by atoms with Gasteiger partial charge in [0, 0.05) is 62.4 Å². The van der Waals surface area contributed by atoms with Crippen molar-refractivity contribution in [2.24, 2.45) is 5.73 Å². The Bertz CT molecular complexity index is 1740. The predicted molar refractivity (Wildman–Crippen MR) is 160 cm³/mol. The summed E-state index contributed by atoms with van der Waals surface area (Å²) in [7, 11) is 0. The molecule has 0 radical (unpaired) electrons. The monoisotopic (exact) mass is 610 g/mol. The molecule has 8 nitrogen and oxygen atoms in total. The second-order valence-corrected chi connectivity index (χ2v) is 11.1. The van der Waals surface area contributed by atoms with Crippen molar-refractivity contribution in [3.63, 3.8) is 0 Å². The van der Waals surface area contributed by atoms with Crippen molar-refractivity contribution in [2.45, 2.75) is 45.7 Å². The minimum atomic E-state index is -4.84. The summed E-state index contributed by atoms with van der Waals surface area (Å²) < 4.78 is 58.6. The highest BCUT2D eigenvalue weighted by Crippen LogP contribution is 2.33. The minimum absolute atomic E-state index is 0.164. The summed E-state index contributed by atoms with van der Waals surface area (Å²) in [6, 6.07) is 12.9. The molecule has 5 rings (SSSR count). The van der Waals surface area contributed by atoms with Crippen LogP contribution in [0.3, 0.4) is 0 Å². The molecule has 1 saturated heterocycles. The second kappa shape index (κ2) is 12.7. The first-order chi connectivity index (χ1) is 20.9. The first kappa shape index (κ1) is 31.1. The largest absolute Gasteiger partial charge is 0.416 e. The SMILES string of the molecule is Cc1cncc(CN2CCN(c3c(C)n(Cc4c(F)cccc4C(F)(F)F)c(=O)n(C[C@H](N)c4ccccc4)c3=O)CC2)c1. The topological polar surface area (TPSA) is 89.4 Å². The molecule has 2 aromatic heterocycles. The van der Waals surface area contributed by atoms with Crippen LogP contribution in [0.2, 0.25) is 0 Å². The van der Waals surface area contributed by atoms with Crippen LogP contribution in [0.1, 0.15) is 39.6 Å². The lowest BCUT2D eigenvalue weighted by Crippen LogP contribution is -2.51. The number of hydrogen-bond acceptors (Lipinski definition) is 6. The lowest BCUT2D eigenvalue weighted by atomic mass is 10.1. The summed E-state index contributed by atoms with van der Waals surface area (Å²) in [6.45, 7) is 5.31. The number of benzene rings is 2. The molecule has 44 heavy (non-hydrogen) atoms. The molecule has 12 heteroatoms. The maximum absolute atomic E-state index is 14.9. The van der Waals surface area contributed by atoms with Crippen molar-refractivity contribution in [2.75, 3.05) is 31.1 Å². The Balaban J connectivity index is 1.54. The van der Waals surface area contributed by atoms with E-state index < -0.39 is 47.0 Å². The van der Waals surface area contributed by atoms with Gasteiger partial charge in [0.05, 0.1) is 18.7 Å². The average molecular weight is 611 g/mol. The fraction of sp³-hybridized carbons (Fsp3) is 0.344. The predicted octanol–water partition coefficient (Wildman–Crippen LogP) is 4.25. The van der Waals surface area contributed by atoms with E-state index in [0.29, 0.717) is 38.3 Å². The van der Waals surface area contributed by atoms with E-state index in [0.717, 1.165) is 38.5 Å². The Morgan fingerprint density at radius 3 is 2.27 bits per heavy atom. The molecule has 0 bridgehead atoms. The van der Waals surface area contributed by atoms with Gasteiger partial charge in [0.15, 0.2) is 0 Å². The molecule has 4 aromatic rings. The van der Waals surface area contributed by atoms with Crippen LogP contribution < -0.4 is 21.9 Å². The van der Waals surface area contributed by atoms with Gasteiger partial charge in [-0.15, -0.1) is 0 Å². The molecule has 0 amide bonds. The van der Waals surface area contributed by atoms with Crippen molar-refractivity contribution in [1.29, 1.82) is 0 Å². The molecule has 3 heterocycles. The smallest absolute Gasteiger partial charge is 0.363 e. The number of hydrogen-bond donors (Lipinski definition) is 1. The third kappa shape index (κ3) is 6.61. The van der Waals surface area contributed by atoms with E-state index in [1.165, 1.54) is 6.92 Å². The molecule has 232 valence electrons. The van der Waals surface area contributed by atoms with E-state index in [-0.39, 0.29) is 17.9 Å². The molecule has 0 saturated carbocycles. The number of pyridine rings is 1. The maximum atomic E-state index is 14.9. The van der Waals surface area contributed by atoms with E-state index in [1.54, 1.807) is 36.5 Å². The third-order valence-electron chi connectivity index (χ3n) is 8.03. The molecule has 0 unspecified atom stereocenters. The van der Waals surface area contributed by atoms with Gasteiger partial charge < -0.3 is 10.6 Å². The number of nitrogens with two attached hydrogens (primary N) is 1. The van der Waals surface area contributed by atoms with Crippen molar-refractivity contribution in [3.8, 4) is 0 Å². The fourth-order valence-electron chi connectivity index (χ4n) is 5.73. The Kier molecular flexibility index (Phi) is 9.02. The number of anilines is 1. The van der Waals surface area contributed by atoms with Crippen LogP contribution >= 0.6 is 0 Å². The molecule has 0 spiro atoms. The molecule has 1 atom stereocenters. The summed E-state index contributed by atoms with van der Waals surface area (Å²) in [5, 5.41) is 0. The van der Waals surface area contributed by atoms with Gasteiger partial charge in [-0.1, -0.05) is 42.5 Å². The van der Waals surface area contributed by atoms with Gasteiger partial charge in [0.2, 0.25) is 0 Å². The quantitative estimate of drug-likeness (QED) is 0.300. The van der Waals surface area contributed by atoms with Crippen LogP contribution in [0.5, 0.6) is 0 Å². The third-order valence-corrected chi connectivity index (χ3v) is 8.03. The summed E-state index contributed by atoms with van der Waals surface area (Å²) >= 11 is 0. The number of piperazine rings is 1. The van der Waals surface area contributed by atoms with E-state index >= 15 is 0 Å². The first-order valence-corrected chi connectivity index (χ1v) is 14.3. The van der Waals surface area contributed by atoms with Crippen LogP contribution in [-0.4, -0.2) is 45.2 Å². The lowest BCUT2D eigenvalue weighted by Gasteiger charge is -2.37. The number of halogens is 4. The van der Waals surface area contributed by atoms with E-state index in [2.05, 4.69) is 16.0 Å². The molecular weight excluding hydrogens is 576 g/mol. The average Bonchev–Trinajstić information content (AvgIpc) is 2.99. The van der Waals surface area contributed by atoms with E-state index in [4.69, 9.17) is 5.73 Å².